The first kappa shape index (κ1) is 13.2. The zero-order chi connectivity index (χ0) is 13.1. The second kappa shape index (κ2) is 5.59. The quantitative estimate of drug-likeness (QED) is 0.771. The fourth-order valence-electron chi connectivity index (χ4n) is 1.40. The van der Waals surface area contributed by atoms with Gasteiger partial charge in [-0.1, -0.05) is 11.6 Å². The summed E-state index contributed by atoms with van der Waals surface area (Å²) >= 11 is 9.28. The molecule has 0 spiro atoms. The van der Waals surface area contributed by atoms with Crippen LogP contribution < -0.4 is 9.47 Å². The van der Waals surface area contributed by atoms with Crippen LogP contribution in [-0.4, -0.2) is 12.1 Å². The molecular formula is C13H11BrClNO2. The summed E-state index contributed by atoms with van der Waals surface area (Å²) in [6, 6.07) is 7.19. The Balaban J connectivity index is 2.31. The SMILES string of the molecule is COc1ccc(Oc2cc(Cl)ncc2C)c(Br)c1. The van der Waals surface area contributed by atoms with E-state index < -0.39 is 0 Å². The van der Waals surface area contributed by atoms with E-state index in [0.29, 0.717) is 16.7 Å². The Morgan fingerprint density at radius 3 is 2.67 bits per heavy atom. The lowest BCUT2D eigenvalue weighted by molar-refractivity contribution is 0.412. The molecule has 0 atom stereocenters. The highest BCUT2D eigenvalue weighted by atomic mass is 79.9. The van der Waals surface area contributed by atoms with E-state index in [9.17, 15) is 0 Å². The van der Waals surface area contributed by atoms with Gasteiger partial charge in [-0.05, 0) is 41.1 Å². The number of halogens is 2. The van der Waals surface area contributed by atoms with Crippen LogP contribution in [0.5, 0.6) is 17.2 Å². The van der Waals surface area contributed by atoms with Crippen molar-refractivity contribution >= 4 is 27.5 Å². The number of aromatic nitrogens is 1. The average molecular weight is 329 g/mol. The molecule has 18 heavy (non-hydrogen) atoms. The summed E-state index contributed by atoms with van der Waals surface area (Å²) in [5.41, 5.74) is 0.919. The van der Waals surface area contributed by atoms with Gasteiger partial charge in [-0.3, -0.25) is 0 Å². The summed E-state index contributed by atoms with van der Waals surface area (Å²) in [4.78, 5) is 3.98. The third kappa shape index (κ3) is 2.94. The van der Waals surface area contributed by atoms with Gasteiger partial charge in [0.2, 0.25) is 0 Å². The van der Waals surface area contributed by atoms with E-state index in [1.807, 2.05) is 25.1 Å². The molecule has 0 N–H and O–H groups in total. The zero-order valence-corrected chi connectivity index (χ0v) is 12.2. The molecule has 0 aliphatic heterocycles. The Hall–Kier alpha value is -1.26. The van der Waals surface area contributed by atoms with Crippen molar-refractivity contribution in [2.24, 2.45) is 0 Å². The van der Waals surface area contributed by atoms with Crippen LogP contribution >= 0.6 is 27.5 Å². The topological polar surface area (TPSA) is 31.4 Å². The Bertz CT molecular complexity index is 575. The molecule has 2 aromatic rings. The molecule has 0 aliphatic carbocycles. The smallest absolute Gasteiger partial charge is 0.141 e. The van der Waals surface area contributed by atoms with Gasteiger partial charge in [-0.15, -0.1) is 0 Å². The summed E-state index contributed by atoms with van der Waals surface area (Å²) in [5.74, 6) is 2.14. The van der Waals surface area contributed by atoms with Gasteiger partial charge in [0.05, 0.1) is 11.6 Å². The Kier molecular flexibility index (Phi) is 4.09. The van der Waals surface area contributed by atoms with Crippen molar-refractivity contribution in [1.82, 2.24) is 4.98 Å². The lowest BCUT2D eigenvalue weighted by atomic mass is 10.3. The van der Waals surface area contributed by atoms with E-state index in [4.69, 9.17) is 21.1 Å². The normalized spacial score (nSPS) is 10.2. The third-order valence-electron chi connectivity index (χ3n) is 2.38. The van der Waals surface area contributed by atoms with Crippen molar-refractivity contribution in [2.75, 3.05) is 7.11 Å². The highest BCUT2D eigenvalue weighted by Gasteiger charge is 2.07. The molecule has 0 fully saturated rings. The van der Waals surface area contributed by atoms with Crippen LogP contribution in [-0.2, 0) is 0 Å². The number of methoxy groups -OCH3 is 1. The molecule has 1 aromatic carbocycles. The van der Waals surface area contributed by atoms with Crippen LogP contribution in [0.15, 0.2) is 34.9 Å². The molecule has 1 heterocycles. The first-order chi connectivity index (χ1) is 8.60. The van der Waals surface area contributed by atoms with Crippen molar-refractivity contribution in [3.63, 3.8) is 0 Å². The molecule has 0 saturated carbocycles. The predicted molar refractivity (Wildman–Crippen MR) is 74.8 cm³/mol. The van der Waals surface area contributed by atoms with Gasteiger partial charge in [0.15, 0.2) is 0 Å². The first-order valence-electron chi connectivity index (χ1n) is 5.23. The van der Waals surface area contributed by atoms with Crippen molar-refractivity contribution in [1.29, 1.82) is 0 Å². The third-order valence-corrected chi connectivity index (χ3v) is 3.21. The molecule has 94 valence electrons. The summed E-state index contributed by atoms with van der Waals surface area (Å²) in [6.45, 7) is 1.91. The Labute approximate surface area is 119 Å². The Morgan fingerprint density at radius 2 is 2.00 bits per heavy atom. The molecule has 0 saturated heterocycles. The number of benzene rings is 1. The standard InChI is InChI=1S/C13H11BrClNO2/c1-8-7-16-13(15)6-12(8)18-11-4-3-9(17-2)5-10(11)14/h3-7H,1-2H3. The van der Waals surface area contributed by atoms with E-state index in [0.717, 1.165) is 15.8 Å². The van der Waals surface area contributed by atoms with Crippen LogP contribution in [0.2, 0.25) is 5.15 Å². The minimum atomic E-state index is 0.403. The maximum Gasteiger partial charge on any atom is 0.141 e. The minimum absolute atomic E-state index is 0.403. The van der Waals surface area contributed by atoms with Gasteiger partial charge in [0.25, 0.3) is 0 Å². The van der Waals surface area contributed by atoms with Crippen LogP contribution in [0.25, 0.3) is 0 Å². The zero-order valence-electron chi connectivity index (χ0n) is 9.91. The van der Waals surface area contributed by atoms with Crippen LogP contribution in [0, 0.1) is 6.92 Å². The molecule has 5 heteroatoms. The van der Waals surface area contributed by atoms with E-state index in [1.54, 1.807) is 19.4 Å². The fraction of sp³-hybridized carbons (Fsp3) is 0.154. The maximum absolute atomic E-state index is 5.85. The fourth-order valence-corrected chi connectivity index (χ4v) is 1.99. The predicted octanol–water partition coefficient (Wildman–Crippen LogP) is 4.61. The first-order valence-corrected chi connectivity index (χ1v) is 6.41. The molecular weight excluding hydrogens is 318 g/mol. The van der Waals surface area contributed by atoms with Crippen molar-refractivity contribution in [2.45, 2.75) is 6.92 Å². The highest BCUT2D eigenvalue weighted by molar-refractivity contribution is 9.10. The number of nitrogens with zero attached hydrogens (tertiary/aromatic N) is 1. The van der Waals surface area contributed by atoms with E-state index in [-0.39, 0.29) is 0 Å². The average Bonchev–Trinajstić information content (AvgIpc) is 2.36. The molecule has 0 aliphatic rings. The molecule has 1 aromatic heterocycles. The minimum Gasteiger partial charge on any atom is -0.497 e. The van der Waals surface area contributed by atoms with Gasteiger partial charge >= 0.3 is 0 Å². The van der Waals surface area contributed by atoms with Crippen molar-refractivity contribution in [3.8, 4) is 17.2 Å². The second-order valence-electron chi connectivity index (χ2n) is 3.67. The molecule has 2 rings (SSSR count). The second-order valence-corrected chi connectivity index (χ2v) is 4.91. The number of hydrogen-bond donors (Lipinski definition) is 0. The van der Waals surface area contributed by atoms with E-state index in [2.05, 4.69) is 20.9 Å². The summed E-state index contributed by atoms with van der Waals surface area (Å²) in [6.07, 6.45) is 1.68. The lowest BCUT2D eigenvalue weighted by Crippen LogP contribution is -1.91. The number of pyridine rings is 1. The number of rotatable bonds is 3. The lowest BCUT2D eigenvalue weighted by Gasteiger charge is -2.11. The number of ether oxygens (including phenoxy) is 2. The van der Waals surface area contributed by atoms with Gasteiger partial charge < -0.3 is 9.47 Å². The molecule has 0 radical (unpaired) electrons. The van der Waals surface area contributed by atoms with Gasteiger partial charge in [-0.2, -0.15) is 0 Å². The van der Waals surface area contributed by atoms with Crippen molar-refractivity contribution < 1.29 is 9.47 Å². The summed E-state index contributed by atoms with van der Waals surface area (Å²) in [7, 11) is 1.62. The number of hydrogen-bond acceptors (Lipinski definition) is 3. The van der Waals surface area contributed by atoms with Crippen molar-refractivity contribution in [3.05, 3.63) is 45.7 Å². The summed E-state index contributed by atoms with van der Waals surface area (Å²) < 4.78 is 11.7. The molecule has 0 unspecified atom stereocenters. The Morgan fingerprint density at radius 1 is 1.22 bits per heavy atom. The van der Waals surface area contributed by atoms with Gasteiger partial charge in [0, 0.05) is 17.8 Å². The molecule has 3 nitrogen and oxygen atoms in total. The molecule has 0 amide bonds. The maximum atomic E-state index is 5.85. The van der Waals surface area contributed by atoms with Crippen LogP contribution in [0.1, 0.15) is 5.56 Å². The van der Waals surface area contributed by atoms with E-state index >= 15 is 0 Å². The highest BCUT2D eigenvalue weighted by Crippen LogP contribution is 2.34. The van der Waals surface area contributed by atoms with Gasteiger partial charge in [-0.25, -0.2) is 4.98 Å². The van der Waals surface area contributed by atoms with Crippen LogP contribution in [0.4, 0.5) is 0 Å². The van der Waals surface area contributed by atoms with Crippen LogP contribution in [0.3, 0.4) is 0 Å². The monoisotopic (exact) mass is 327 g/mol. The number of aryl methyl sites for hydroxylation is 1. The van der Waals surface area contributed by atoms with E-state index in [1.165, 1.54) is 0 Å². The molecule has 0 bridgehead atoms. The largest absolute Gasteiger partial charge is 0.497 e. The van der Waals surface area contributed by atoms with Gasteiger partial charge in [0.1, 0.15) is 22.4 Å². The summed E-state index contributed by atoms with van der Waals surface area (Å²) in [5, 5.41) is 0.403.